The first-order valence-corrected chi connectivity index (χ1v) is 10.7. The van der Waals surface area contributed by atoms with Crippen molar-refractivity contribution in [1.82, 2.24) is 5.32 Å². The van der Waals surface area contributed by atoms with Gasteiger partial charge in [0.25, 0.3) is 5.91 Å². The summed E-state index contributed by atoms with van der Waals surface area (Å²) in [5.41, 5.74) is 3.38. The molecule has 0 saturated heterocycles. The zero-order chi connectivity index (χ0) is 23.8. The fraction of sp³-hybridized carbons (Fsp3) is 0.200. The molecule has 0 unspecified atom stereocenters. The Labute approximate surface area is 197 Å². The quantitative estimate of drug-likeness (QED) is 0.355. The van der Waals surface area contributed by atoms with Crippen molar-refractivity contribution in [2.24, 2.45) is 0 Å². The molecule has 0 aliphatic carbocycles. The second-order valence-electron chi connectivity index (χ2n) is 7.40. The molecule has 7 nitrogen and oxygen atoms in total. The van der Waals surface area contributed by atoms with E-state index in [-0.39, 0.29) is 18.9 Å². The fourth-order valence-corrected chi connectivity index (χ4v) is 3.68. The van der Waals surface area contributed by atoms with Crippen LogP contribution >= 0.6 is 11.6 Å². The van der Waals surface area contributed by atoms with Crippen molar-refractivity contribution in [3.05, 3.63) is 82.9 Å². The minimum absolute atomic E-state index is 0.129. The van der Waals surface area contributed by atoms with E-state index in [1.165, 1.54) is 7.11 Å². The van der Waals surface area contributed by atoms with Crippen LogP contribution in [0.15, 0.2) is 66.7 Å². The average Bonchev–Trinajstić information content (AvgIpc) is 2.80. The Kier molecular flexibility index (Phi) is 8.43. The highest BCUT2D eigenvalue weighted by Gasteiger charge is 2.16. The van der Waals surface area contributed by atoms with Gasteiger partial charge in [0, 0.05) is 36.0 Å². The first kappa shape index (κ1) is 24.3. The molecule has 3 aromatic carbocycles. The zero-order valence-electron chi connectivity index (χ0n) is 18.0. The first-order valence-electron chi connectivity index (χ1n) is 10.3. The van der Waals surface area contributed by atoms with Gasteiger partial charge in [-0.2, -0.15) is 0 Å². The van der Waals surface area contributed by atoms with Gasteiger partial charge in [-0.15, -0.1) is 0 Å². The molecule has 0 saturated carbocycles. The number of rotatable bonds is 10. The van der Waals surface area contributed by atoms with Gasteiger partial charge in [-0.3, -0.25) is 9.59 Å². The number of methoxy groups -OCH3 is 1. The van der Waals surface area contributed by atoms with Crippen LogP contribution in [0.2, 0.25) is 5.02 Å². The summed E-state index contributed by atoms with van der Waals surface area (Å²) in [4.78, 5) is 23.5. The molecule has 3 rings (SSSR count). The van der Waals surface area contributed by atoms with Gasteiger partial charge in [0.15, 0.2) is 0 Å². The van der Waals surface area contributed by atoms with Crippen molar-refractivity contribution >= 4 is 29.2 Å². The summed E-state index contributed by atoms with van der Waals surface area (Å²) < 4.78 is 5.42. The number of aliphatic hydroxyl groups excluding tert-OH is 1. The van der Waals surface area contributed by atoms with Crippen LogP contribution in [-0.4, -0.2) is 41.8 Å². The number of hydrogen-bond donors (Lipinski definition) is 4. The number of carboxylic acid groups (broad SMARTS) is 1. The number of aliphatic carboxylic acids is 1. The van der Waals surface area contributed by atoms with Crippen molar-refractivity contribution in [2.45, 2.75) is 19.1 Å². The largest absolute Gasteiger partial charge is 0.496 e. The van der Waals surface area contributed by atoms with E-state index in [2.05, 4.69) is 10.6 Å². The third kappa shape index (κ3) is 6.55. The number of aliphatic hydroxyl groups is 1. The number of carbonyl (C=O) groups excluding carboxylic acids is 1. The number of ether oxygens (including phenoxy) is 1. The molecule has 0 fully saturated rings. The molecular weight excluding hydrogens is 444 g/mol. The first-order chi connectivity index (χ1) is 15.9. The van der Waals surface area contributed by atoms with Gasteiger partial charge in [-0.1, -0.05) is 60.1 Å². The van der Waals surface area contributed by atoms with Crippen LogP contribution in [0.5, 0.6) is 5.75 Å². The molecule has 8 heteroatoms. The summed E-state index contributed by atoms with van der Waals surface area (Å²) in [7, 11) is 1.52. The maximum Gasteiger partial charge on any atom is 0.306 e. The minimum Gasteiger partial charge on any atom is -0.496 e. The normalized spacial score (nSPS) is 11.6. The Bertz CT molecular complexity index is 1120. The number of hydrogen-bond acceptors (Lipinski definition) is 5. The summed E-state index contributed by atoms with van der Waals surface area (Å²) >= 11 is 6.55. The molecule has 0 aromatic heterocycles. The van der Waals surface area contributed by atoms with Gasteiger partial charge >= 0.3 is 5.97 Å². The Morgan fingerprint density at radius 3 is 2.52 bits per heavy atom. The molecule has 0 aliphatic rings. The van der Waals surface area contributed by atoms with Crippen molar-refractivity contribution in [2.75, 3.05) is 19.0 Å². The molecule has 172 valence electrons. The average molecular weight is 469 g/mol. The summed E-state index contributed by atoms with van der Waals surface area (Å²) in [6, 6.07) is 20.1. The Morgan fingerprint density at radius 2 is 1.82 bits per heavy atom. The Morgan fingerprint density at radius 1 is 1.06 bits per heavy atom. The summed E-state index contributed by atoms with van der Waals surface area (Å²) in [5.74, 6) is -0.865. The van der Waals surface area contributed by atoms with Crippen LogP contribution in [0.1, 0.15) is 22.3 Å². The molecular formula is C25H25ClN2O5. The highest BCUT2D eigenvalue weighted by Crippen LogP contribution is 2.31. The maximum absolute atomic E-state index is 12.9. The number of amides is 1. The van der Waals surface area contributed by atoms with Crippen LogP contribution in [0, 0.1) is 0 Å². The van der Waals surface area contributed by atoms with Crippen LogP contribution in [0.25, 0.3) is 11.1 Å². The topological polar surface area (TPSA) is 108 Å². The van der Waals surface area contributed by atoms with Crippen molar-refractivity contribution in [3.8, 4) is 16.9 Å². The monoisotopic (exact) mass is 468 g/mol. The van der Waals surface area contributed by atoms with Crippen molar-refractivity contribution in [3.63, 3.8) is 0 Å². The van der Waals surface area contributed by atoms with E-state index in [1.807, 2.05) is 36.4 Å². The predicted octanol–water partition coefficient (Wildman–Crippen LogP) is 4.19. The van der Waals surface area contributed by atoms with Crippen molar-refractivity contribution < 1.29 is 24.5 Å². The summed E-state index contributed by atoms with van der Waals surface area (Å²) in [6.45, 7) is 0.489. The predicted molar refractivity (Wildman–Crippen MR) is 128 cm³/mol. The van der Waals surface area contributed by atoms with Gasteiger partial charge in [0.2, 0.25) is 0 Å². The number of nitrogens with one attached hydrogen (secondary N) is 2. The van der Waals surface area contributed by atoms with E-state index in [1.54, 1.807) is 30.3 Å². The molecule has 0 heterocycles. The molecule has 0 radical (unpaired) electrons. The van der Waals surface area contributed by atoms with Crippen LogP contribution in [0.3, 0.4) is 0 Å². The summed E-state index contributed by atoms with van der Waals surface area (Å²) in [6.07, 6.45) is -1.31. The zero-order valence-corrected chi connectivity index (χ0v) is 18.8. The third-order valence-corrected chi connectivity index (χ3v) is 5.39. The standard InChI is InChI=1S/C25H25ClN2O5/c1-33-22-12-18(11-10-17(22)14-27-15-19(29)13-23(30)31)28-25(32)21-9-5-8-20(24(21)26)16-6-3-2-4-7-16/h2-12,19,27,29H,13-15H2,1H3,(H,28,32)(H,30,31)/t19-/m0/s1. The van der Waals surface area contributed by atoms with E-state index in [0.717, 1.165) is 16.7 Å². The molecule has 0 spiro atoms. The Hall–Kier alpha value is -3.39. The minimum atomic E-state index is -1.06. The van der Waals surface area contributed by atoms with Crippen LogP contribution in [-0.2, 0) is 11.3 Å². The number of benzene rings is 3. The van der Waals surface area contributed by atoms with Gasteiger partial charge < -0.3 is 25.6 Å². The molecule has 1 amide bonds. The molecule has 0 aliphatic heterocycles. The number of carboxylic acids is 1. The maximum atomic E-state index is 12.9. The van der Waals surface area contributed by atoms with E-state index in [0.29, 0.717) is 28.6 Å². The summed E-state index contributed by atoms with van der Waals surface area (Å²) in [5, 5.41) is 24.6. The Balaban J connectivity index is 1.70. The molecule has 33 heavy (non-hydrogen) atoms. The van der Waals surface area contributed by atoms with E-state index in [4.69, 9.17) is 21.4 Å². The highest BCUT2D eigenvalue weighted by molar-refractivity contribution is 6.37. The van der Waals surface area contributed by atoms with E-state index >= 15 is 0 Å². The molecule has 3 aromatic rings. The van der Waals surface area contributed by atoms with Gasteiger partial charge in [-0.05, 0) is 17.7 Å². The molecule has 1 atom stereocenters. The van der Waals surface area contributed by atoms with Gasteiger partial charge in [0.1, 0.15) is 5.75 Å². The molecule has 0 bridgehead atoms. The number of anilines is 1. The van der Waals surface area contributed by atoms with E-state index in [9.17, 15) is 14.7 Å². The number of carbonyl (C=O) groups is 2. The fourth-order valence-electron chi connectivity index (χ4n) is 3.36. The highest BCUT2D eigenvalue weighted by atomic mass is 35.5. The van der Waals surface area contributed by atoms with Gasteiger partial charge in [0.05, 0.1) is 30.2 Å². The second kappa shape index (κ2) is 11.5. The van der Waals surface area contributed by atoms with Crippen molar-refractivity contribution in [1.29, 1.82) is 0 Å². The molecule has 4 N–H and O–H groups in total. The van der Waals surface area contributed by atoms with Crippen LogP contribution < -0.4 is 15.4 Å². The van der Waals surface area contributed by atoms with E-state index < -0.39 is 12.1 Å². The third-order valence-electron chi connectivity index (χ3n) is 4.98. The second-order valence-corrected chi connectivity index (χ2v) is 7.77. The van der Waals surface area contributed by atoms with Crippen LogP contribution in [0.4, 0.5) is 5.69 Å². The lowest BCUT2D eigenvalue weighted by Gasteiger charge is -2.14. The SMILES string of the molecule is COc1cc(NC(=O)c2cccc(-c3ccccc3)c2Cl)ccc1CNC[C@@H](O)CC(=O)O. The number of halogens is 1. The lowest BCUT2D eigenvalue weighted by molar-refractivity contribution is -0.139. The van der Waals surface area contributed by atoms with Gasteiger partial charge in [-0.25, -0.2) is 0 Å². The lowest BCUT2D eigenvalue weighted by Crippen LogP contribution is -2.28. The lowest BCUT2D eigenvalue weighted by atomic mass is 10.0. The smallest absolute Gasteiger partial charge is 0.306 e.